The van der Waals surface area contributed by atoms with E-state index in [4.69, 9.17) is 32.7 Å². The predicted molar refractivity (Wildman–Crippen MR) is 134 cm³/mol. The van der Waals surface area contributed by atoms with Crippen LogP contribution in [0, 0.1) is 0 Å². The standard InChI is InChI=1S/C25H22Cl2N4O4/c26-22-20(14-28-30(24(22)32)16-18-8-3-1-4-9-18)34-12-7-13-35-21-15-29-31(25(33)23(21)27)17-19-10-5-2-6-11-19/h1-6,8-11,14-15H,7,12-13,16-17H2. The Hall–Kier alpha value is -3.62. The number of hydrogen-bond acceptors (Lipinski definition) is 6. The minimum absolute atomic E-state index is 0.0360. The first-order chi connectivity index (χ1) is 17.0. The predicted octanol–water partition coefficient (Wildman–Crippen LogP) is 4.05. The highest BCUT2D eigenvalue weighted by Gasteiger charge is 2.13. The highest BCUT2D eigenvalue weighted by Crippen LogP contribution is 2.20. The third-order valence-electron chi connectivity index (χ3n) is 5.06. The van der Waals surface area contributed by atoms with Crippen molar-refractivity contribution in [3.05, 3.63) is 115 Å². The number of nitrogens with zero attached hydrogens (tertiary/aromatic N) is 4. The van der Waals surface area contributed by atoms with Gasteiger partial charge in [0.2, 0.25) is 0 Å². The molecule has 0 bridgehead atoms. The molecule has 10 heteroatoms. The van der Waals surface area contributed by atoms with E-state index in [0.717, 1.165) is 11.1 Å². The fourth-order valence-electron chi connectivity index (χ4n) is 3.26. The number of ether oxygens (including phenoxy) is 2. The molecule has 0 radical (unpaired) electrons. The smallest absolute Gasteiger partial charge is 0.289 e. The van der Waals surface area contributed by atoms with E-state index in [9.17, 15) is 9.59 Å². The molecule has 0 N–H and O–H groups in total. The van der Waals surface area contributed by atoms with Crippen LogP contribution in [0.25, 0.3) is 0 Å². The summed E-state index contributed by atoms with van der Waals surface area (Å²) in [5.74, 6) is 0.397. The Kier molecular flexibility index (Phi) is 8.18. The van der Waals surface area contributed by atoms with E-state index in [2.05, 4.69) is 10.2 Å². The molecule has 4 aromatic rings. The molecule has 0 aliphatic carbocycles. The number of hydrogen-bond donors (Lipinski definition) is 0. The number of aromatic nitrogens is 4. The maximum Gasteiger partial charge on any atom is 0.289 e. The Balaban J connectivity index is 1.28. The van der Waals surface area contributed by atoms with Crippen molar-refractivity contribution >= 4 is 23.2 Å². The van der Waals surface area contributed by atoms with Crippen LogP contribution in [-0.2, 0) is 13.1 Å². The fourth-order valence-corrected chi connectivity index (χ4v) is 3.66. The minimum atomic E-state index is -0.432. The molecular weight excluding hydrogens is 491 g/mol. The van der Waals surface area contributed by atoms with Crippen molar-refractivity contribution in [2.75, 3.05) is 13.2 Å². The largest absolute Gasteiger partial charge is 0.490 e. The Labute approximate surface area is 211 Å². The maximum absolute atomic E-state index is 12.5. The molecule has 0 aliphatic heterocycles. The zero-order valence-electron chi connectivity index (χ0n) is 18.6. The lowest BCUT2D eigenvalue weighted by molar-refractivity contribution is 0.245. The average Bonchev–Trinajstić information content (AvgIpc) is 2.88. The van der Waals surface area contributed by atoms with Gasteiger partial charge in [-0.05, 0) is 11.1 Å². The zero-order chi connectivity index (χ0) is 24.6. The first-order valence-corrected chi connectivity index (χ1v) is 11.6. The van der Waals surface area contributed by atoms with Crippen molar-refractivity contribution < 1.29 is 9.47 Å². The van der Waals surface area contributed by atoms with Crippen LogP contribution in [-0.4, -0.2) is 32.8 Å². The summed E-state index contributed by atoms with van der Waals surface area (Å²) in [6, 6.07) is 19.0. The summed E-state index contributed by atoms with van der Waals surface area (Å²) >= 11 is 12.4. The number of benzene rings is 2. The quantitative estimate of drug-likeness (QED) is 0.298. The van der Waals surface area contributed by atoms with E-state index in [1.54, 1.807) is 0 Å². The molecule has 0 saturated carbocycles. The molecule has 35 heavy (non-hydrogen) atoms. The van der Waals surface area contributed by atoms with Gasteiger partial charge in [0.15, 0.2) is 21.5 Å². The van der Waals surface area contributed by atoms with Crippen molar-refractivity contribution in [3.63, 3.8) is 0 Å². The summed E-state index contributed by atoms with van der Waals surface area (Å²) in [4.78, 5) is 25.0. The monoisotopic (exact) mass is 512 g/mol. The summed E-state index contributed by atoms with van der Waals surface area (Å²) < 4.78 is 13.8. The molecular formula is C25H22Cl2N4O4. The first kappa shape index (κ1) is 24.5. The molecule has 2 aromatic heterocycles. The second-order valence-electron chi connectivity index (χ2n) is 7.59. The van der Waals surface area contributed by atoms with Crippen LogP contribution in [0.15, 0.2) is 82.6 Å². The highest BCUT2D eigenvalue weighted by atomic mass is 35.5. The lowest BCUT2D eigenvalue weighted by Gasteiger charge is -2.11. The van der Waals surface area contributed by atoms with E-state index in [0.29, 0.717) is 19.5 Å². The van der Waals surface area contributed by atoms with Crippen LogP contribution < -0.4 is 20.6 Å². The van der Waals surface area contributed by atoms with E-state index < -0.39 is 11.1 Å². The molecule has 0 saturated heterocycles. The van der Waals surface area contributed by atoms with Gasteiger partial charge in [0.05, 0.1) is 38.7 Å². The molecule has 180 valence electrons. The zero-order valence-corrected chi connectivity index (χ0v) is 20.2. The third kappa shape index (κ3) is 6.29. The van der Waals surface area contributed by atoms with Crippen LogP contribution in [0.1, 0.15) is 17.5 Å². The van der Waals surface area contributed by atoms with Crippen molar-refractivity contribution in [2.24, 2.45) is 0 Å². The molecule has 0 unspecified atom stereocenters. The van der Waals surface area contributed by atoms with E-state index in [-0.39, 0.29) is 34.8 Å². The van der Waals surface area contributed by atoms with E-state index >= 15 is 0 Å². The van der Waals surface area contributed by atoms with E-state index in [1.165, 1.54) is 21.8 Å². The molecule has 0 amide bonds. The summed E-state index contributed by atoms with van der Waals surface area (Å²) in [6.07, 6.45) is 3.29. The Bertz CT molecular complexity index is 1290. The SMILES string of the molecule is O=c1c(Cl)c(OCCCOc2cnn(Cc3ccccc3)c(=O)c2Cl)cnn1Cc1ccccc1. The second kappa shape index (κ2) is 11.7. The first-order valence-electron chi connectivity index (χ1n) is 10.9. The van der Waals surface area contributed by atoms with Crippen LogP contribution in [0.2, 0.25) is 10.0 Å². The van der Waals surface area contributed by atoms with Gasteiger partial charge in [0.1, 0.15) is 0 Å². The van der Waals surface area contributed by atoms with Crippen molar-refractivity contribution in [1.82, 2.24) is 19.6 Å². The van der Waals surface area contributed by atoms with Crippen LogP contribution >= 0.6 is 23.2 Å². The van der Waals surface area contributed by atoms with Gasteiger partial charge in [0.25, 0.3) is 11.1 Å². The Morgan fingerprint density at radius 1 is 0.657 bits per heavy atom. The second-order valence-corrected chi connectivity index (χ2v) is 8.35. The molecule has 2 aromatic carbocycles. The van der Waals surface area contributed by atoms with Crippen LogP contribution in [0.5, 0.6) is 11.5 Å². The lowest BCUT2D eigenvalue weighted by Crippen LogP contribution is -2.24. The minimum Gasteiger partial charge on any atom is -0.490 e. The molecule has 2 heterocycles. The van der Waals surface area contributed by atoms with Crippen molar-refractivity contribution in [3.8, 4) is 11.5 Å². The topological polar surface area (TPSA) is 88.2 Å². The van der Waals surface area contributed by atoms with Crippen molar-refractivity contribution in [2.45, 2.75) is 19.5 Å². The number of rotatable bonds is 10. The average molecular weight is 513 g/mol. The van der Waals surface area contributed by atoms with Gasteiger partial charge in [0, 0.05) is 6.42 Å². The molecule has 0 aliphatic rings. The Morgan fingerprint density at radius 3 is 1.46 bits per heavy atom. The molecule has 4 rings (SSSR count). The fraction of sp³-hybridized carbons (Fsp3) is 0.200. The maximum atomic E-state index is 12.5. The molecule has 0 fully saturated rings. The third-order valence-corrected chi connectivity index (χ3v) is 5.76. The normalized spacial score (nSPS) is 10.8. The summed E-state index contributed by atoms with van der Waals surface area (Å²) in [5, 5.41) is 8.21. The van der Waals surface area contributed by atoms with Gasteiger partial charge in [-0.15, -0.1) is 0 Å². The van der Waals surface area contributed by atoms with Crippen molar-refractivity contribution in [1.29, 1.82) is 0 Å². The van der Waals surface area contributed by atoms with Gasteiger partial charge in [-0.3, -0.25) is 9.59 Å². The van der Waals surface area contributed by atoms with Gasteiger partial charge in [-0.2, -0.15) is 10.2 Å². The number of halogens is 2. The highest BCUT2D eigenvalue weighted by molar-refractivity contribution is 6.32. The Morgan fingerprint density at radius 2 is 1.06 bits per heavy atom. The lowest BCUT2D eigenvalue weighted by atomic mass is 10.2. The van der Waals surface area contributed by atoms with Crippen LogP contribution in [0.4, 0.5) is 0 Å². The summed E-state index contributed by atoms with van der Waals surface area (Å²) in [5.41, 5.74) is 1.01. The van der Waals surface area contributed by atoms with Gasteiger partial charge >= 0.3 is 0 Å². The van der Waals surface area contributed by atoms with Crippen LogP contribution in [0.3, 0.4) is 0 Å². The summed E-state index contributed by atoms with van der Waals surface area (Å²) in [7, 11) is 0. The molecule has 8 nitrogen and oxygen atoms in total. The van der Waals surface area contributed by atoms with Gasteiger partial charge in [-0.25, -0.2) is 9.36 Å². The van der Waals surface area contributed by atoms with E-state index in [1.807, 2.05) is 60.7 Å². The molecule has 0 spiro atoms. The summed E-state index contributed by atoms with van der Waals surface area (Å²) in [6.45, 7) is 1.07. The molecule has 0 atom stereocenters. The van der Waals surface area contributed by atoms with Gasteiger partial charge in [-0.1, -0.05) is 83.9 Å². The van der Waals surface area contributed by atoms with Gasteiger partial charge < -0.3 is 9.47 Å².